The lowest BCUT2D eigenvalue weighted by Gasteiger charge is -2.41. The molecule has 152 valence electrons. The summed E-state index contributed by atoms with van der Waals surface area (Å²) in [5.74, 6) is -0.846. The molecule has 0 N–H and O–H groups in total. The van der Waals surface area contributed by atoms with Gasteiger partial charge in [0.05, 0.1) is 24.2 Å². The van der Waals surface area contributed by atoms with E-state index in [2.05, 4.69) is 30.2 Å². The van der Waals surface area contributed by atoms with E-state index >= 15 is 0 Å². The van der Waals surface area contributed by atoms with Crippen LogP contribution in [0.25, 0.3) is 11.8 Å². The maximum Gasteiger partial charge on any atom is 0.178 e. The smallest absolute Gasteiger partial charge is 0.178 e. The molecule has 0 amide bonds. The maximum atomic E-state index is 13.3. The fraction of sp³-hybridized carbons (Fsp3) is 0.320. The van der Waals surface area contributed by atoms with Gasteiger partial charge in [-0.25, -0.2) is 9.07 Å². The largest absolute Gasteiger partial charge is 0.346 e. The molecule has 2 heterocycles. The van der Waals surface area contributed by atoms with Gasteiger partial charge in [0.2, 0.25) is 0 Å². The first-order valence-corrected chi connectivity index (χ1v) is 10.5. The monoisotopic (exact) mass is 402 g/mol. The lowest BCUT2D eigenvalue weighted by atomic mass is 9.72. The third-order valence-corrected chi connectivity index (χ3v) is 7.06. The van der Waals surface area contributed by atoms with Crippen molar-refractivity contribution in [2.24, 2.45) is 5.41 Å². The van der Waals surface area contributed by atoms with Gasteiger partial charge < -0.3 is 9.47 Å². The number of ether oxygens (including phenoxy) is 2. The van der Waals surface area contributed by atoms with Crippen molar-refractivity contribution in [3.05, 3.63) is 89.0 Å². The van der Waals surface area contributed by atoms with Gasteiger partial charge in [-0.2, -0.15) is 5.10 Å². The Morgan fingerprint density at radius 2 is 1.90 bits per heavy atom. The number of aromatic nitrogens is 2. The first kappa shape index (κ1) is 18.0. The molecule has 2 fully saturated rings. The molecular weight excluding hydrogens is 379 g/mol. The van der Waals surface area contributed by atoms with Crippen LogP contribution >= 0.6 is 0 Å². The van der Waals surface area contributed by atoms with Gasteiger partial charge in [-0.05, 0) is 54.3 Å². The molecule has 0 unspecified atom stereocenters. The highest BCUT2D eigenvalue weighted by molar-refractivity contribution is 5.62. The average Bonchev–Trinajstić information content (AvgIpc) is 3.45. The van der Waals surface area contributed by atoms with Gasteiger partial charge in [-0.1, -0.05) is 42.8 Å². The lowest BCUT2D eigenvalue weighted by Crippen LogP contribution is -2.46. The molecule has 3 aromatic rings. The van der Waals surface area contributed by atoms with E-state index in [-0.39, 0.29) is 17.3 Å². The second-order valence-corrected chi connectivity index (χ2v) is 8.70. The SMILES string of the molecule is C[C@]12Cc3cnn(-c4ccc(F)cc4)c3C=C1CC[C@]21OC[C@H](c2ccccc2)O1. The van der Waals surface area contributed by atoms with Crippen molar-refractivity contribution in [1.29, 1.82) is 0 Å². The molecule has 0 bridgehead atoms. The van der Waals surface area contributed by atoms with Gasteiger partial charge in [-0.15, -0.1) is 0 Å². The summed E-state index contributed by atoms with van der Waals surface area (Å²) in [5.41, 5.74) is 5.39. The molecule has 3 atom stereocenters. The topological polar surface area (TPSA) is 36.3 Å². The van der Waals surface area contributed by atoms with E-state index < -0.39 is 5.79 Å². The average molecular weight is 402 g/mol. The van der Waals surface area contributed by atoms with Crippen LogP contribution in [0.15, 0.2) is 66.4 Å². The fourth-order valence-corrected chi connectivity index (χ4v) is 5.35. The Hall–Kier alpha value is -2.76. The summed E-state index contributed by atoms with van der Waals surface area (Å²) in [4.78, 5) is 0. The standard InChI is InChI=1S/C25H23FN2O2/c1-24-14-18-15-27-28(21-9-7-20(26)8-10-21)22(18)13-19(24)11-12-25(24)29-16-23(30-25)17-5-3-2-4-6-17/h2-10,13,15,23H,11-12,14,16H2,1H3/t23-,24+,25-/m1/s1. The molecular formula is C25H23FN2O2. The third kappa shape index (κ3) is 2.49. The first-order chi connectivity index (χ1) is 14.6. The molecule has 1 aromatic heterocycles. The van der Waals surface area contributed by atoms with Gasteiger partial charge >= 0.3 is 0 Å². The van der Waals surface area contributed by atoms with Crippen LogP contribution in [0.1, 0.15) is 42.7 Å². The lowest BCUT2D eigenvalue weighted by molar-refractivity contribution is -0.218. The molecule has 3 aliphatic rings. The van der Waals surface area contributed by atoms with Gasteiger partial charge in [0.1, 0.15) is 11.9 Å². The molecule has 4 nitrogen and oxygen atoms in total. The first-order valence-electron chi connectivity index (χ1n) is 10.5. The minimum atomic E-state index is -0.602. The molecule has 2 aliphatic carbocycles. The summed E-state index contributed by atoms with van der Waals surface area (Å²) < 4.78 is 28.3. The maximum absolute atomic E-state index is 13.3. The van der Waals surface area contributed by atoms with E-state index in [0.29, 0.717) is 6.61 Å². The Morgan fingerprint density at radius 3 is 2.70 bits per heavy atom. The van der Waals surface area contributed by atoms with Crippen LogP contribution in [0.5, 0.6) is 0 Å². The minimum absolute atomic E-state index is 0.0364. The quantitative estimate of drug-likeness (QED) is 0.589. The number of nitrogens with zero attached hydrogens (tertiary/aromatic N) is 2. The predicted molar refractivity (Wildman–Crippen MR) is 111 cm³/mol. The molecule has 2 aromatic carbocycles. The second-order valence-electron chi connectivity index (χ2n) is 8.70. The van der Waals surface area contributed by atoms with E-state index in [1.807, 2.05) is 29.1 Å². The van der Waals surface area contributed by atoms with Crippen LogP contribution in [0.3, 0.4) is 0 Å². The molecule has 6 rings (SSSR count). The molecule has 1 aliphatic heterocycles. The molecule has 5 heteroatoms. The fourth-order valence-electron chi connectivity index (χ4n) is 5.35. The second kappa shape index (κ2) is 6.37. The van der Waals surface area contributed by atoms with E-state index in [1.165, 1.54) is 23.3 Å². The van der Waals surface area contributed by atoms with Gasteiger partial charge in [0.15, 0.2) is 5.79 Å². The normalized spacial score (nSPS) is 29.7. The van der Waals surface area contributed by atoms with Crippen LogP contribution in [-0.4, -0.2) is 22.2 Å². The van der Waals surface area contributed by atoms with Crippen molar-refractivity contribution in [2.45, 2.75) is 38.1 Å². The van der Waals surface area contributed by atoms with Crippen molar-refractivity contribution >= 4 is 6.08 Å². The van der Waals surface area contributed by atoms with Crippen molar-refractivity contribution < 1.29 is 13.9 Å². The number of fused-ring (bicyclic) bond motifs is 3. The highest BCUT2D eigenvalue weighted by Crippen LogP contribution is 2.60. The third-order valence-electron chi connectivity index (χ3n) is 7.06. The Morgan fingerprint density at radius 1 is 1.10 bits per heavy atom. The van der Waals surface area contributed by atoms with Crippen molar-refractivity contribution in [1.82, 2.24) is 9.78 Å². The van der Waals surface area contributed by atoms with E-state index in [0.717, 1.165) is 36.2 Å². The summed E-state index contributed by atoms with van der Waals surface area (Å²) >= 11 is 0. The molecule has 30 heavy (non-hydrogen) atoms. The number of hydrogen-bond donors (Lipinski definition) is 0. The summed E-state index contributed by atoms with van der Waals surface area (Å²) in [7, 11) is 0. The van der Waals surface area contributed by atoms with Crippen LogP contribution in [0, 0.1) is 11.2 Å². The van der Waals surface area contributed by atoms with Gasteiger partial charge in [0.25, 0.3) is 0 Å². The zero-order valence-corrected chi connectivity index (χ0v) is 16.8. The van der Waals surface area contributed by atoms with Gasteiger partial charge in [-0.3, -0.25) is 0 Å². The summed E-state index contributed by atoms with van der Waals surface area (Å²) in [6.07, 6.45) is 6.74. The minimum Gasteiger partial charge on any atom is -0.346 e. The summed E-state index contributed by atoms with van der Waals surface area (Å²) in [6.45, 7) is 2.84. The van der Waals surface area contributed by atoms with Crippen molar-refractivity contribution in [3.8, 4) is 5.69 Å². The van der Waals surface area contributed by atoms with E-state index in [9.17, 15) is 4.39 Å². The zero-order chi connectivity index (χ0) is 20.3. The van der Waals surface area contributed by atoms with Crippen molar-refractivity contribution in [2.75, 3.05) is 6.61 Å². The Bertz CT molecular complexity index is 1140. The van der Waals surface area contributed by atoms with Gasteiger partial charge in [0, 0.05) is 11.8 Å². The van der Waals surface area contributed by atoms with Crippen LogP contribution in [0.4, 0.5) is 4.39 Å². The van der Waals surface area contributed by atoms with E-state index in [4.69, 9.17) is 9.47 Å². The van der Waals surface area contributed by atoms with E-state index in [1.54, 1.807) is 12.1 Å². The molecule has 0 radical (unpaired) electrons. The van der Waals surface area contributed by atoms with Crippen LogP contribution in [0.2, 0.25) is 0 Å². The number of benzene rings is 2. The Labute approximate surface area is 174 Å². The van der Waals surface area contributed by atoms with Crippen LogP contribution in [-0.2, 0) is 15.9 Å². The molecule has 1 spiro atoms. The molecule has 1 saturated heterocycles. The summed E-state index contributed by atoms with van der Waals surface area (Å²) in [6, 6.07) is 16.8. The van der Waals surface area contributed by atoms with Crippen LogP contribution < -0.4 is 0 Å². The number of rotatable bonds is 2. The number of hydrogen-bond acceptors (Lipinski definition) is 3. The highest BCUT2D eigenvalue weighted by atomic mass is 19.1. The zero-order valence-electron chi connectivity index (χ0n) is 16.8. The predicted octanol–water partition coefficient (Wildman–Crippen LogP) is 5.24. The Balaban J connectivity index is 1.35. The highest BCUT2D eigenvalue weighted by Gasteiger charge is 2.61. The molecule has 1 saturated carbocycles. The van der Waals surface area contributed by atoms with Crippen molar-refractivity contribution in [3.63, 3.8) is 0 Å². The Kier molecular flexibility index (Phi) is 3.83. The number of halogens is 1. The summed E-state index contributed by atoms with van der Waals surface area (Å²) in [5, 5.41) is 4.60.